The molecule has 5 nitrogen and oxygen atoms in total. The average molecular weight is 327 g/mol. The number of nitrogens with one attached hydrogen (secondary N) is 2. The van der Waals surface area contributed by atoms with Gasteiger partial charge in [0.1, 0.15) is 5.75 Å². The molecule has 1 heterocycles. The number of piperidine rings is 1. The Morgan fingerprint density at radius 2 is 2.18 bits per heavy atom. The Morgan fingerprint density at radius 3 is 2.86 bits per heavy atom. The van der Waals surface area contributed by atoms with E-state index in [1.54, 1.807) is 24.3 Å². The summed E-state index contributed by atoms with van der Waals surface area (Å²) < 4.78 is 5.46. The first-order chi connectivity index (χ1) is 10.1. The summed E-state index contributed by atoms with van der Waals surface area (Å²) in [5.41, 5.74) is 0.583. The first-order valence-electron chi connectivity index (χ1n) is 7.30. The zero-order valence-electron chi connectivity index (χ0n) is 12.9. The van der Waals surface area contributed by atoms with Crippen LogP contribution in [0.1, 0.15) is 30.6 Å². The number of halogens is 1. The lowest BCUT2D eigenvalue weighted by atomic mass is 9.95. The number of carbonyl (C=O) groups excluding carboxylic acids is 2. The molecule has 0 aromatic heterocycles. The standard InChI is InChI=1S/C16H22N2O3.ClH/c1-11-9-17-7-6-15(11)18-16(20)10-21-14-5-3-4-13(8-14)12(2)19;/h3-5,8,11,15,17H,6-7,9-10H2,1-2H3,(H,18,20);1H. The number of hydrogen-bond acceptors (Lipinski definition) is 4. The molecule has 0 saturated carbocycles. The highest BCUT2D eigenvalue weighted by Crippen LogP contribution is 2.14. The average Bonchev–Trinajstić information content (AvgIpc) is 2.48. The predicted molar refractivity (Wildman–Crippen MR) is 87.8 cm³/mol. The minimum absolute atomic E-state index is 0. The molecule has 2 N–H and O–H groups in total. The van der Waals surface area contributed by atoms with Crippen molar-refractivity contribution < 1.29 is 14.3 Å². The van der Waals surface area contributed by atoms with Gasteiger partial charge in [-0.05, 0) is 44.5 Å². The van der Waals surface area contributed by atoms with Crippen LogP contribution in [-0.2, 0) is 4.79 Å². The Bertz CT molecular complexity index is 522. The van der Waals surface area contributed by atoms with Crippen LogP contribution in [0.4, 0.5) is 0 Å². The molecule has 6 heteroatoms. The van der Waals surface area contributed by atoms with Gasteiger partial charge >= 0.3 is 0 Å². The van der Waals surface area contributed by atoms with Gasteiger partial charge in [0.15, 0.2) is 12.4 Å². The van der Waals surface area contributed by atoms with Gasteiger partial charge in [0.2, 0.25) is 0 Å². The lowest BCUT2D eigenvalue weighted by Crippen LogP contribution is -2.49. The van der Waals surface area contributed by atoms with E-state index in [2.05, 4.69) is 17.6 Å². The number of carbonyl (C=O) groups is 2. The second kappa shape index (κ2) is 8.76. The van der Waals surface area contributed by atoms with Gasteiger partial charge in [-0.1, -0.05) is 19.1 Å². The van der Waals surface area contributed by atoms with E-state index in [0.717, 1.165) is 19.5 Å². The summed E-state index contributed by atoms with van der Waals surface area (Å²) >= 11 is 0. The van der Waals surface area contributed by atoms with Gasteiger partial charge in [-0.25, -0.2) is 0 Å². The number of rotatable bonds is 5. The quantitative estimate of drug-likeness (QED) is 0.810. The first kappa shape index (κ1) is 18.5. The second-order valence-electron chi connectivity index (χ2n) is 5.52. The zero-order chi connectivity index (χ0) is 15.2. The van der Waals surface area contributed by atoms with Gasteiger partial charge in [-0.3, -0.25) is 9.59 Å². The maximum absolute atomic E-state index is 11.9. The number of amides is 1. The molecule has 1 aliphatic rings. The van der Waals surface area contributed by atoms with Crippen molar-refractivity contribution >= 4 is 24.1 Å². The van der Waals surface area contributed by atoms with Gasteiger partial charge in [0.05, 0.1) is 0 Å². The molecule has 1 fully saturated rings. The van der Waals surface area contributed by atoms with Crippen LogP contribution < -0.4 is 15.4 Å². The monoisotopic (exact) mass is 326 g/mol. The van der Waals surface area contributed by atoms with E-state index in [1.165, 1.54) is 6.92 Å². The molecule has 2 atom stereocenters. The highest BCUT2D eigenvalue weighted by Gasteiger charge is 2.22. The molecule has 1 saturated heterocycles. The zero-order valence-corrected chi connectivity index (χ0v) is 13.7. The van der Waals surface area contributed by atoms with Crippen LogP contribution in [0.3, 0.4) is 0 Å². The summed E-state index contributed by atoms with van der Waals surface area (Å²) in [5.74, 6) is 0.815. The van der Waals surface area contributed by atoms with E-state index in [0.29, 0.717) is 17.2 Å². The van der Waals surface area contributed by atoms with E-state index in [1.807, 2.05) is 0 Å². The van der Waals surface area contributed by atoms with Gasteiger partial charge in [-0.2, -0.15) is 0 Å². The Kier molecular flexibility index (Phi) is 7.35. The van der Waals surface area contributed by atoms with Crippen molar-refractivity contribution in [3.05, 3.63) is 29.8 Å². The third-order valence-electron chi connectivity index (χ3n) is 3.74. The minimum Gasteiger partial charge on any atom is -0.484 e. The summed E-state index contributed by atoms with van der Waals surface area (Å²) in [4.78, 5) is 23.2. The Morgan fingerprint density at radius 1 is 1.41 bits per heavy atom. The summed E-state index contributed by atoms with van der Waals surface area (Å²) in [6.45, 7) is 5.44. The number of ketones is 1. The van der Waals surface area contributed by atoms with Gasteiger partial charge in [0, 0.05) is 11.6 Å². The van der Waals surface area contributed by atoms with Gasteiger partial charge < -0.3 is 15.4 Å². The Balaban J connectivity index is 0.00000242. The van der Waals surface area contributed by atoms with Crippen molar-refractivity contribution in [3.8, 4) is 5.75 Å². The molecular formula is C16H23ClN2O3. The lowest BCUT2D eigenvalue weighted by molar-refractivity contribution is -0.124. The molecule has 22 heavy (non-hydrogen) atoms. The molecule has 0 spiro atoms. The van der Waals surface area contributed by atoms with Crippen LogP contribution in [0.5, 0.6) is 5.75 Å². The number of benzene rings is 1. The van der Waals surface area contributed by atoms with E-state index in [9.17, 15) is 9.59 Å². The maximum atomic E-state index is 11.9. The second-order valence-corrected chi connectivity index (χ2v) is 5.52. The van der Waals surface area contributed by atoms with Crippen LogP contribution in [0.2, 0.25) is 0 Å². The van der Waals surface area contributed by atoms with Crippen molar-refractivity contribution in [1.82, 2.24) is 10.6 Å². The number of ether oxygens (including phenoxy) is 1. The minimum atomic E-state index is -0.123. The summed E-state index contributed by atoms with van der Waals surface area (Å²) in [6, 6.07) is 7.08. The largest absolute Gasteiger partial charge is 0.484 e. The molecule has 0 aliphatic carbocycles. The van der Waals surface area contributed by atoms with Crippen molar-refractivity contribution in [2.45, 2.75) is 26.3 Å². The fraction of sp³-hybridized carbons (Fsp3) is 0.500. The smallest absolute Gasteiger partial charge is 0.258 e. The van der Waals surface area contributed by atoms with Crippen molar-refractivity contribution in [1.29, 1.82) is 0 Å². The molecule has 122 valence electrons. The third-order valence-corrected chi connectivity index (χ3v) is 3.74. The molecule has 1 amide bonds. The Labute approximate surface area is 137 Å². The normalized spacial score (nSPS) is 20.6. The summed E-state index contributed by atoms with van der Waals surface area (Å²) in [7, 11) is 0. The van der Waals surface area contributed by atoms with E-state index >= 15 is 0 Å². The molecule has 1 aromatic carbocycles. The SMILES string of the molecule is CC(=O)c1cccc(OCC(=O)NC2CCNCC2C)c1.Cl. The summed E-state index contributed by atoms with van der Waals surface area (Å²) in [5, 5.41) is 6.30. The molecule has 0 bridgehead atoms. The molecular weight excluding hydrogens is 304 g/mol. The van der Waals surface area contributed by atoms with Crippen LogP contribution in [-0.4, -0.2) is 37.4 Å². The topological polar surface area (TPSA) is 67.4 Å². The highest BCUT2D eigenvalue weighted by atomic mass is 35.5. The molecule has 1 aliphatic heterocycles. The van der Waals surface area contributed by atoms with Gasteiger partial charge in [0.25, 0.3) is 5.91 Å². The fourth-order valence-corrected chi connectivity index (χ4v) is 2.43. The van der Waals surface area contributed by atoms with Crippen LogP contribution in [0.25, 0.3) is 0 Å². The fourth-order valence-electron chi connectivity index (χ4n) is 2.43. The van der Waals surface area contributed by atoms with Crippen LogP contribution in [0.15, 0.2) is 24.3 Å². The van der Waals surface area contributed by atoms with Crippen molar-refractivity contribution in [2.75, 3.05) is 19.7 Å². The molecule has 1 aromatic rings. The molecule has 0 radical (unpaired) electrons. The van der Waals surface area contributed by atoms with E-state index < -0.39 is 0 Å². The van der Waals surface area contributed by atoms with E-state index in [-0.39, 0.29) is 36.7 Å². The number of Topliss-reactive ketones (excluding diaryl/α,β-unsaturated/α-hetero) is 1. The third kappa shape index (κ3) is 5.31. The predicted octanol–water partition coefficient (Wildman–Crippen LogP) is 1.80. The number of hydrogen-bond donors (Lipinski definition) is 2. The summed E-state index contributed by atoms with van der Waals surface area (Å²) in [6.07, 6.45) is 0.937. The molecule has 2 rings (SSSR count). The molecule has 2 unspecified atom stereocenters. The van der Waals surface area contributed by atoms with Crippen LogP contribution in [0, 0.1) is 5.92 Å². The highest BCUT2D eigenvalue weighted by molar-refractivity contribution is 5.94. The van der Waals surface area contributed by atoms with Crippen molar-refractivity contribution in [2.24, 2.45) is 5.92 Å². The first-order valence-corrected chi connectivity index (χ1v) is 7.30. The van der Waals surface area contributed by atoms with Crippen molar-refractivity contribution in [3.63, 3.8) is 0 Å². The van der Waals surface area contributed by atoms with Gasteiger partial charge in [-0.15, -0.1) is 12.4 Å². The maximum Gasteiger partial charge on any atom is 0.258 e. The van der Waals surface area contributed by atoms with E-state index in [4.69, 9.17) is 4.74 Å². The lowest BCUT2D eigenvalue weighted by Gasteiger charge is -2.30. The Hall–Kier alpha value is -1.59. The van der Waals surface area contributed by atoms with Crippen LogP contribution >= 0.6 is 12.4 Å².